The molecule has 0 aromatic heterocycles. The van der Waals surface area contributed by atoms with Gasteiger partial charge in [-0.2, -0.15) is 0 Å². The van der Waals surface area contributed by atoms with E-state index in [9.17, 15) is 4.79 Å². The van der Waals surface area contributed by atoms with Gasteiger partial charge in [0.05, 0.1) is 0 Å². The van der Waals surface area contributed by atoms with E-state index in [-0.39, 0.29) is 5.92 Å². The van der Waals surface area contributed by atoms with Gasteiger partial charge < -0.3 is 9.69 Å². The minimum Gasteiger partial charge on any atom is -0.303 e. The quantitative estimate of drug-likeness (QED) is 0.663. The summed E-state index contributed by atoms with van der Waals surface area (Å²) in [6, 6.07) is 10.3. The highest BCUT2D eigenvalue weighted by atomic mass is 16.1. The Labute approximate surface area is 85.5 Å². The molecule has 14 heavy (non-hydrogen) atoms. The maximum Gasteiger partial charge on any atom is 0.124 e. The van der Waals surface area contributed by atoms with Gasteiger partial charge in [0.1, 0.15) is 6.29 Å². The lowest BCUT2D eigenvalue weighted by Gasteiger charge is -2.18. The summed E-state index contributed by atoms with van der Waals surface area (Å²) in [5, 5.41) is 0. The first-order valence-electron chi connectivity index (χ1n) is 4.90. The highest BCUT2D eigenvalue weighted by molar-refractivity contribution is 5.52. The van der Waals surface area contributed by atoms with E-state index < -0.39 is 0 Å². The van der Waals surface area contributed by atoms with E-state index in [1.165, 1.54) is 5.56 Å². The predicted octanol–water partition coefficient (Wildman–Crippen LogP) is 1.95. The standard InChI is InChI=1S/C12H17NO/c1-11(10-14)8-13(2)9-12-6-4-3-5-7-12/h3-7,10-11H,8-9H2,1-2H3. The van der Waals surface area contributed by atoms with Crippen LogP contribution in [0.15, 0.2) is 30.3 Å². The molecule has 0 fully saturated rings. The summed E-state index contributed by atoms with van der Waals surface area (Å²) >= 11 is 0. The molecule has 1 aromatic carbocycles. The fourth-order valence-electron chi connectivity index (χ4n) is 1.49. The van der Waals surface area contributed by atoms with Crippen molar-refractivity contribution in [3.05, 3.63) is 35.9 Å². The van der Waals surface area contributed by atoms with E-state index >= 15 is 0 Å². The van der Waals surface area contributed by atoms with Gasteiger partial charge in [0, 0.05) is 19.0 Å². The van der Waals surface area contributed by atoms with E-state index in [0.29, 0.717) is 0 Å². The zero-order valence-corrected chi connectivity index (χ0v) is 8.81. The van der Waals surface area contributed by atoms with Gasteiger partial charge in [-0.1, -0.05) is 37.3 Å². The number of carbonyl (C=O) groups excluding carboxylic acids is 1. The SMILES string of the molecule is CC(C=O)CN(C)Cc1ccccc1. The van der Waals surface area contributed by atoms with Crippen molar-refractivity contribution < 1.29 is 4.79 Å². The number of benzene rings is 1. The molecule has 0 bridgehead atoms. The molecule has 1 rings (SSSR count). The largest absolute Gasteiger partial charge is 0.303 e. The summed E-state index contributed by atoms with van der Waals surface area (Å²) in [4.78, 5) is 12.6. The number of carbonyl (C=O) groups is 1. The Morgan fingerprint density at radius 1 is 1.36 bits per heavy atom. The summed E-state index contributed by atoms with van der Waals surface area (Å²) in [5.41, 5.74) is 1.29. The molecule has 0 amide bonds. The van der Waals surface area contributed by atoms with Gasteiger partial charge in [0.25, 0.3) is 0 Å². The average Bonchev–Trinajstić information content (AvgIpc) is 2.19. The highest BCUT2D eigenvalue weighted by Crippen LogP contribution is 2.04. The number of hydrogen-bond donors (Lipinski definition) is 0. The van der Waals surface area contributed by atoms with Crippen molar-refractivity contribution in [1.82, 2.24) is 4.90 Å². The molecule has 0 aliphatic rings. The lowest BCUT2D eigenvalue weighted by Crippen LogP contribution is -2.24. The van der Waals surface area contributed by atoms with Gasteiger partial charge in [-0.3, -0.25) is 0 Å². The minimum atomic E-state index is 0.115. The molecule has 2 nitrogen and oxygen atoms in total. The molecule has 0 heterocycles. The zero-order chi connectivity index (χ0) is 10.4. The number of rotatable bonds is 5. The first kappa shape index (κ1) is 10.9. The number of hydrogen-bond acceptors (Lipinski definition) is 2. The smallest absolute Gasteiger partial charge is 0.124 e. The fraction of sp³-hybridized carbons (Fsp3) is 0.417. The van der Waals surface area contributed by atoms with Crippen LogP contribution in [0.5, 0.6) is 0 Å². The molecule has 0 N–H and O–H groups in total. The van der Waals surface area contributed by atoms with E-state index in [2.05, 4.69) is 17.0 Å². The molecule has 1 aromatic rings. The van der Waals surface area contributed by atoms with E-state index in [4.69, 9.17) is 0 Å². The Kier molecular flexibility index (Phi) is 4.33. The summed E-state index contributed by atoms with van der Waals surface area (Å²) in [6.07, 6.45) is 1.00. The second-order valence-electron chi connectivity index (χ2n) is 3.80. The van der Waals surface area contributed by atoms with Crippen LogP contribution in [-0.4, -0.2) is 24.8 Å². The van der Waals surface area contributed by atoms with Crippen molar-refractivity contribution >= 4 is 6.29 Å². The van der Waals surface area contributed by atoms with Crippen LogP contribution in [0.2, 0.25) is 0 Å². The summed E-state index contributed by atoms with van der Waals surface area (Å²) < 4.78 is 0. The first-order chi connectivity index (χ1) is 6.72. The molecule has 1 unspecified atom stereocenters. The van der Waals surface area contributed by atoms with Gasteiger partial charge >= 0.3 is 0 Å². The highest BCUT2D eigenvalue weighted by Gasteiger charge is 2.04. The Hall–Kier alpha value is -1.15. The van der Waals surface area contributed by atoms with Crippen molar-refractivity contribution in [3.8, 4) is 0 Å². The van der Waals surface area contributed by atoms with Crippen LogP contribution in [0.4, 0.5) is 0 Å². The average molecular weight is 191 g/mol. The first-order valence-corrected chi connectivity index (χ1v) is 4.90. The van der Waals surface area contributed by atoms with Gasteiger partial charge in [0.15, 0.2) is 0 Å². The zero-order valence-electron chi connectivity index (χ0n) is 8.81. The van der Waals surface area contributed by atoms with Crippen LogP contribution < -0.4 is 0 Å². The Bertz CT molecular complexity index is 271. The van der Waals surface area contributed by atoms with E-state index in [1.807, 2.05) is 32.2 Å². The molecule has 1 atom stereocenters. The third-order valence-electron chi connectivity index (χ3n) is 2.13. The third-order valence-corrected chi connectivity index (χ3v) is 2.13. The van der Waals surface area contributed by atoms with Crippen LogP contribution in [-0.2, 0) is 11.3 Å². The van der Waals surface area contributed by atoms with E-state index in [1.54, 1.807) is 0 Å². The molecule has 0 radical (unpaired) electrons. The van der Waals surface area contributed by atoms with Crippen molar-refractivity contribution in [2.24, 2.45) is 5.92 Å². The molecule has 0 saturated carbocycles. The lowest BCUT2D eigenvalue weighted by atomic mass is 10.1. The van der Waals surface area contributed by atoms with E-state index in [0.717, 1.165) is 19.4 Å². The van der Waals surface area contributed by atoms with Crippen molar-refractivity contribution in [1.29, 1.82) is 0 Å². The molecule has 0 aliphatic heterocycles. The molecule has 2 heteroatoms. The minimum absolute atomic E-state index is 0.115. The van der Waals surface area contributed by atoms with Crippen molar-refractivity contribution in [3.63, 3.8) is 0 Å². The molecule has 0 aliphatic carbocycles. The molecular weight excluding hydrogens is 174 g/mol. The molecule has 0 saturated heterocycles. The lowest BCUT2D eigenvalue weighted by molar-refractivity contribution is -0.111. The maximum absolute atomic E-state index is 10.5. The molecule has 76 valence electrons. The molecule has 0 spiro atoms. The maximum atomic E-state index is 10.5. The number of aldehydes is 1. The van der Waals surface area contributed by atoms with Crippen molar-refractivity contribution in [2.75, 3.05) is 13.6 Å². The Morgan fingerprint density at radius 2 is 2.00 bits per heavy atom. The topological polar surface area (TPSA) is 20.3 Å². The summed E-state index contributed by atoms with van der Waals surface area (Å²) in [6.45, 7) is 3.66. The van der Waals surface area contributed by atoms with Crippen LogP contribution in [0.1, 0.15) is 12.5 Å². The van der Waals surface area contributed by atoms with Gasteiger partial charge in [-0.05, 0) is 12.6 Å². The van der Waals surface area contributed by atoms with Gasteiger partial charge in [-0.15, -0.1) is 0 Å². The van der Waals surface area contributed by atoms with Gasteiger partial charge in [-0.25, -0.2) is 0 Å². The second-order valence-corrected chi connectivity index (χ2v) is 3.80. The molecular formula is C12H17NO. The summed E-state index contributed by atoms with van der Waals surface area (Å²) in [5.74, 6) is 0.115. The predicted molar refractivity (Wildman–Crippen MR) is 58.0 cm³/mol. The van der Waals surface area contributed by atoms with Gasteiger partial charge in [0.2, 0.25) is 0 Å². The number of nitrogens with zero attached hydrogens (tertiary/aromatic N) is 1. The Balaban J connectivity index is 2.41. The normalized spacial score (nSPS) is 12.8. The van der Waals surface area contributed by atoms with Crippen LogP contribution >= 0.6 is 0 Å². The summed E-state index contributed by atoms with van der Waals surface area (Å²) in [7, 11) is 2.03. The van der Waals surface area contributed by atoms with Crippen molar-refractivity contribution in [2.45, 2.75) is 13.5 Å². The van der Waals surface area contributed by atoms with Crippen LogP contribution in [0, 0.1) is 5.92 Å². The van der Waals surface area contributed by atoms with Crippen LogP contribution in [0.25, 0.3) is 0 Å². The third kappa shape index (κ3) is 3.71. The Morgan fingerprint density at radius 3 is 2.57 bits per heavy atom. The monoisotopic (exact) mass is 191 g/mol. The second kappa shape index (κ2) is 5.55. The fourth-order valence-corrected chi connectivity index (χ4v) is 1.49. The van der Waals surface area contributed by atoms with Crippen LogP contribution in [0.3, 0.4) is 0 Å².